The molecule has 1 aliphatic heterocycles. The minimum Gasteiger partial charge on any atom is -0.496 e. The third-order valence-corrected chi connectivity index (χ3v) is 6.23. The van der Waals surface area contributed by atoms with Gasteiger partial charge < -0.3 is 23.5 Å². The van der Waals surface area contributed by atoms with Crippen molar-refractivity contribution in [3.63, 3.8) is 0 Å². The molecule has 0 aliphatic carbocycles. The third kappa shape index (κ3) is 4.84. The lowest BCUT2D eigenvalue weighted by Crippen LogP contribution is -2.26. The summed E-state index contributed by atoms with van der Waals surface area (Å²) in [6.45, 7) is 1.29. The van der Waals surface area contributed by atoms with Crippen LogP contribution in [0, 0.1) is 11.3 Å². The Morgan fingerprint density at radius 3 is 2.62 bits per heavy atom. The molecule has 1 aliphatic rings. The van der Waals surface area contributed by atoms with Crippen molar-refractivity contribution in [1.29, 1.82) is 5.26 Å². The van der Waals surface area contributed by atoms with Crippen LogP contribution in [0.4, 0.5) is 0 Å². The molecule has 4 heterocycles. The topological polar surface area (TPSA) is 111 Å². The average molecular weight is 499 g/mol. The van der Waals surface area contributed by atoms with Gasteiger partial charge in [-0.15, -0.1) is 0 Å². The zero-order valence-electron chi connectivity index (χ0n) is 20.9. The Morgan fingerprint density at radius 1 is 1.08 bits per heavy atom. The van der Waals surface area contributed by atoms with Crippen molar-refractivity contribution >= 4 is 17.0 Å². The molecule has 9 heteroatoms. The largest absolute Gasteiger partial charge is 0.496 e. The monoisotopic (exact) mass is 498 g/mol. The molecular formula is C28H26N4O5. The fourth-order valence-electron chi connectivity index (χ4n) is 4.30. The van der Waals surface area contributed by atoms with Gasteiger partial charge in [0.2, 0.25) is 0 Å². The SMILES string of the molecule is COc1cc(C(=O)N(C)C)ccc1-c1cc2nccc(-c3ccc(OC4CCOCC4)c(C#N)n3)c2o1. The van der Waals surface area contributed by atoms with Gasteiger partial charge >= 0.3 is 0 Å². The van der Waals surface area contributed by atoms with Gasteiger partial charge in [-0.3, -0.25) is 9.78 Å². The Balaban J connectivity index is 1.51. The highest BCUT2D eigenvalue weighted by molar-refractivity contribution is 5.96. The number of aromatic nitrogens is 2. The van der Waals surface area contributed by atoms with Crippen molar-refractivity contribution < 1.29 is 23.4 Å². The van der Waals surface area contributed by atoms with Crippen molar-refractivity contribution in [2.75, 3.05) is 34.4 Å². The van der Waals surface area contributed by atoms with Crippen LogP contribution in [-0.2, 0) is 4.74 Å². The second-order valence-corrected chi connectivity index (χ2v) is 8.88. The number of rotatable bonds is 6. The molecule has 0 saturated carbocycles. The number of fused-ring (bicyclic) bond motifs is 1. The molecule has 188 valence electrons. The molecule has 1 fully saturated rings. The fraction of sp³-hybridized carbons (Fsp3) is 0.286. The molecule has 1 amide bonds. The highest BCUT2D eigenvalue weighted by atomic mass is 16.5. The Hall–Kier alpha value is -4.42. The van der Waals surface area contributed by atoms with E-state index in [4.69, 9.17) is 18.6 Å². The number of benzene rings is 1. The molecular weight excluding hydrogens is 472 g/mol. The summed E-state index contributed by atoms with van der Waals surface area (Å²) in [6.07, 6.45) is 3.23. The van der Waals surface area contributed by atoms with Gasteiger partial charge in [-0.25, -0.2) is 4.98 Å². The highest BCUT2D eigenvalue weighted by Gasteiger charge is 2.21. The number of nitrogens with zero attached hydrogens (tertiary/aromatic N) is 4. The number of pyridine rings is 2. The standard InChI is InChI=1S/C28H26N4O5/c1-32(2)28(33)17-4-5-20(25(14-17)34-3)26-15-22-27(37-26)19(8-11-30-22)21-6-7-24(23(16-29)31-21)36-18-9-12-35-13-10-18/h4-8,11,14-15,18H,9-10,12-13H2,1-3H3. The lowest BCUT2D eigenvalue weighted by Gasteiger charge is -2.23. The van der Waals surface area contributed by atoms with E-state index < -0.39 is 0 Å². The number of ether oxygens (including phenoxy) is 3. The summed E-state index contributed by atoms with van der Waals surface area (Å²) in [7, 11) is 4.95. The highest BCUT2D eigenvalue weighted by Crippen LogP contribution is 2.38. The first-order valence-electron chi connectivity index (χ1n) is 11.9. The number of hydrogen-bond donors (Lipinski definition) is 0. The van der Waals surface area contributed by atoms with E-state index >= 15 is 0 Å². The molecule has 0 bridgehead atoms. The van der Waals surface area contributed by atoms with Crippen LogP contribution in [-0.4, -0.2) is 61.3 Å². The van der Waals surface area contributed by atoms with Crippen molar-refractivity contribution in [3.05, 3.63) is 59.9 Å². The lowest BCUT2D eigenvalue weighted by molar-refractivity contribution is 0.0253. The van der Waals surface area contributed by atoms with Gasteiger partial charge in [0.1, 0.15) is 29.2 Å². The van der Waals surface area contributed by atoms with Gasteiger partial charge in [0, 0.05) is 50.3 Å². The first-order valence-corrected chi connectivity index (χ1v) is 11.9. The second kappa shape index (κ2) is 10.3. The van der Waals surface area contributed by atoms with Crippen molar-refractivity contribution in [3.8, 4) is 40.1 Å². The normalized spacial score (nSPS) is 13.8. The summed E-state index contributed by atoms with van der Waals surface area (Å²) < 4.78 is 23.2. The molecule has 3 aromatic heterocycles. The van der Waals surface area contributed by atoms with Crippen LogP contribution in [0.1, 0.15) is 28.9 Å². The van der Waals surface area contributed by atoms with Crippen LogP contribution in [0.2, 0.25) is 0 Å². The zero-order valence-corrected chi connectivity index (χ0v) is 20.9. The molecule has 5 rings (SSSR count). The maximum absolute atomic E-state index is 12.4. The number of amides is 1. The van der Waals surface area contributed by atoms with Gasteiger partial charge in [-0.2, -0.15) is 5.26 Å². The number of nitriles is 1. The van der Waals surface area contributed by atoms with E-state index in [1.165, 1.54) is 4.90 Å². The summed E-state index contributed by atoms with van der Waals surface area (Å²) >= 11 is 0. The van der Waals surface area contributed by atoms with Crippen LogP contribution >= 0.6 is 0 Å². The maximum atomic E-state index is 12.4. The Kier molecular flexibility index (Phi) is 6.75. The molecule has 0 radical (unpaired) electrons. The molecule has 1 aromatic carbocycles. The van der Waals surface area contributed by atoms with Gasteiger partial charge in [-0.05, 0) is 36.4 Å². The van der Waals surface area contributed by atoms with Crippen molar-refractivity contribution in [2.24, 2.45) is 0 Å². The summed E-state index contributed by atoms with van der Waals surface area (Å²) in [5, 5.41) is 9.74. The second-order valence-electron chi connectivity index (χ2n) is 8.88. The molecule has 0 N–H and O–H groups in total. The first kappa shape index (κ1) is 24.3. The molecule has 0 atom stereocenters. The van der Waals surface area contributed by atoms with E-state index in [9.17, 15) is 10.1 Å². The van der Waals surface area contributed by atoms with E-state index in [2.05, 4.69) is 16.0 Å². The van der Waals surface area contributed by atoms with Crippen molar-refractivity contribution in [1.82, 2.24) is 14.9 Å². The first-order chi connectivity index (χ1) is 18.0. The minimum atomic E-state index is -0.123. The predicted molar refractivity (Wildman–Crippen MR) is 136 cm³/mol. The molecule has 0 unspecified atom stereocenters. The molecule has 37 heavy (non-hydrogen) atoms. The van der Waals surface area contributed by atoms with E-state index in [1.54, 1.807) is 57.7 Å². The zero-order chi connectivity index (χ0) is 25.9. The number of methoxy groups -OCH3 is 1. The lowest BCUT2D eigenvalue weighted by atomic mass is 10.1. The Morgan fingerprint density at radius 2 is 1.89 bits per heavy atom. The van der Waals surface area contributed by atoms with Gasteiger partial charge in [0.25, 0.3) is 5.91 Å². The van der Waals surface area contributed by atoms with Gasteiger partial charge in [-0.1, -0.05) is 0 Å². The number of carbonyl (C=O) groups excluding carboxylic acids is 1. The van der Waals surface area contributed by atoms with Crippen LogP contribution < -0.4 is 9.47 Å². The van der Waals surface area contributed by atoms with Crippen molar-refractivity contribution in [2.45, 2.75) is 18.9 Å². The average Bonchev–Trinajstić information content (AvgIpc) is 3.37. The Bertz CT molecular complexity index is 1500. The van der Waals surface area contributed by atoms with Gasteiger partial charge in [0.05, 0.1) is 31.6 Å². The number of hydrogen-bond acceptors (Lipinski definition) is 8. The van der Waals surface area contributed by atoms with Crippen LogP contribution in [0.3, 0.4) is 0 Å². The molecule has 4 aromatic rings. The Labute approximate surface area is 214 Å². The summed E-state index contributed by atoms with van der Waals surface area (Å²) in [6, 6.07) is 14.6. The van der Waals surface area contributed by atoms with E-state index in [1.807, 2.05) is 12.1 Å². The summed E-state index contributed by atoms with van der Waals surface area (Å²) in [5.41, 5.74) is 3.84. The summed E-state index contributed by atoms with van der Waals surface area (Å²) in [5.74, 6) is 1.38. The van der Waals surface area contributed by atoms with Crippen LogP contribution in [0.25, 0.3) is 33.7 Å². The molecule has 1 saturated heterocycles. The molecule has 0 spiro atoms. The quantitative estimate of drug-likeness (QED) is 0.376. The van der Waals surface area contributed by atoms with Crippen LogP contribution in [0.15, 0.2) is 53.1 Å². The fourth-order valence-corrected chi connectivity index (χ4v) is 4.30. The number of furan rings is 1. The van der Waals surface area contributed by atoms with E-state index in [0.717, 1.165) is 12.8 Å². The van der Waals surface area contributed by atoms with Crippen LogP contribution in [0.5, 0.6) is 11.5 Å². The van der Waals surface area contributed by atoms with E-state index in [0.29, 0.717) is 64.0 Å². The van der Waals surface area contributed by atoms with E-state index in [-0.39, 0.29) is 17.7 Å². The number of carbonyl (C=O) groups is 1. The van der Waals surface area contributed by atoms with Gasteiger partial charge in [0.15, 0.2) is 17.0 Å². The smallest absolute Gasteiger partial charge is 0.253 e. The maximum Gasteiger partial charge on any atom is 0.253 e. The molecule has 9 nitrogen and oxygen atoms in total. The minimum absolute atomic E-state index is 0.00292. The third-order valence-electron chi connectivity index (χ3n) is 6.23. The summed E-state index contributed by atoms with van der Waals surface area (Å²) in [4.78, 5) is 22.9. The predicted octanol–water partition coefficient (Wildman–Crippen LogP) is 4.70.